The molecule has 0 atom stereocenters. The van der Waals surface area contributed by atoms with E-state index >= 15 is 0 Å². The van der Waals surface area contributed by atoms with Gasteiger partial charge in [-0.25, -0.2) is 14.0 Å². The van der Waals surface area contributed by atoms with E-state index in [2.05, 4.69) is 0 Å². The molecule has 3 aromatic carbocycles. The van der Waals surface area contributed by atoms with Gasteiger partial charge in [0.1, 0.15) is 34.5 Å². The van der Waals surface area contributed by atoms with Crippen LogP contribution in [0, 0.1) is 0 Å². The Hall–Kier alpha value is -1.71. The van der Waals surface area contributed by atoms with Gasteiger partial charge in [0.2, 0.25) is 0 Å². The third-order valence-electron chi connectivity index (χ3n) is 5.21. The van der Waals surface area contributed by atoms with Crippen LogP contribution >= 0.6 is 19.9 Å². The van der Waals surface area contributed by atoms with Gasteiger partial charge in [-0.05, 0) is 78.7 Å². The van der Waals surface area contributed by atoms with Crippen molar-refractivity contribution < 1.29 is 27.1 Å². The second-order valence-corrected chi connectivity index (χ2v) is 19.4. The van der Waals surface area contributed by atoms with Crippen molar-refractivity contribution in [3.8, 4) is 34.5 Å². The molecule has 0 N–H and O–H groups in total. The van der Waals surface area contributed by atoms with Gasteiger partial charge in [0.05, 0.1) is 0 Å². The van der Waals surface area contributed by atoms with Crippen LogP contribution in [-0.4, -0.2) is 56.3 Å². The van der Waals surface area contributed by atoms with Crippen LogP contribution in [0.4, 0.5) is 0 Å². The summed E-state index contributed by atoms with van der Waals surface area (Å²) < 4.78 is 42.9. The van der Waals surface area contributed by atoms with Gasteiger partial charge in [-0.1, -0.05) is 18.2 Å². The van der Waals surface area contributed by atoms with Crippen molar-refractivity contribution in [2.45, 2.75) is 0 Å². The Bertz CT molecular complexity index is 1240. The zero-order valence-corrected chi connectivity index (χ0v) is 27.4. The van der Waals surface area contributed by atoms with E-state index in [-0.39, 0.29) is 0 Å². The summed E-state index contributed by atoms with van der Waals surface area (Å²) in [6, 6.07) is 21.3. The number of rotatable bonds is 3. The van der Waals surface area contributed by atoms with E-state index in [0.29, 0.717) is 34.5 Å². The standard InChI is InChI=1S/C24H30N3O6P3S3/c1-25(2)34(37)28-19-10-7-12-21(16-19)30-35(38,26(3)4)32-23-14-9-15-24(18-23)33-36(39,27(5)6)31-22-13-8-11-20(17-22)29-34/h7-18H,1-6H3. The Morgan fingerprint density at radius 1 is 0.410 bits per heavy atom. The third-order valence-corrected chi connectivity index (χ3v) is 15.1. The van der Waals surface area contributed by atoms with E-state index in [0.717, 1.165) is 0 Å². The molecule has 4 rings (SSSR count). The molecule has 0 aromatic heterocycles. The molecule has 0 saturated carbocycles. The lowest BCUT2D eigenvalue weighted by atomic mass is 10.3. The first-order valence-electron chi connectivity index (χ1n) is 11.6. The van der Waals surface area contributed by atoms with Crippen LogP contribution in [0.5, 0.6) is 34.5 Å². The Kier molecular flexibility index (Phi) is 9.33. The third kappa shape index (κ3) is 7.33. The summed E-state index contributed by atoms with van der Waals surface area (Å²) in [7, 11) is 10.8. The molecule has 3 aromatic rings. The number of nitrogens with zero attached hydrogens (tertiary/aromatic N) is 3. The maximum atomic E-state index is 6.28. The lowest BCUT2D eigenvalue weighted by Crippen LogP contribution is -2.19. The molecule has 0 aliphatic carbocycles. The summed E-state index contributed by atoms with van der Waals surface area (Å²) in [4.78, 5) is 0. The molecule has 15 heteroatoms. The maximum Gasteiger partial charge on any atom is 0.367 e. The van der Waals surface area contributed by atoms with Crippen molar-refractivity contribution in [2.75, 3.05) is 42.3 Å². The van der Waals surface area contributed by atoms with E-state index in [4.69, 9.17) is 62.6 Å². The average molecular weight is 646 g/mol. The molecule has 0 radical (unpaired) electrons. The minimum atomic E-state index is -3.03. The largest absolute Gasteiger partial charge is 0.424 e. The molecule has 1 heterocycles. The number of benzene rings is 3. The molecule has 0 unspecified atom stereocenters. The van der Waals surface area contributed by atoms with Crippen LogP contribution in [0.25, 0.3) is 0 Å². The molecule has 0 saturated heterocycles. The van der Waals surface area contributed by atoms with Gasteiger partial charge in [-0.3, -0.25) is 0 Å². The molecule has 9 nitrogen and oxygen atoms in total. The SMILES string of the molecule is CN(C)P1(=S)Oc2cccc(c2)OP(=S)(N(C)C)Oc2cccc(c2)OP(=S)(N(C)C)Oc2cccc(c2)O1. The van der Waals surface area contributed by atoms with Crippen molar-refractivity contribution in [1.29, 1.82) is 0 Å². The molecule has 39 heavy (non-hydrogen) atoms. The lowest BCUT2D eigenvalue weighted by molar-refractivity contribution is 0.399. The smallest absolute Gasteiger partial charge is 0.367 e. The van der Waals surface area contributed by atoms with Crippen LogP contribution in [0.15, 0.2) is 72.8 Å². The summed E-state index contributed by atoms with van der Waals surface area (Å²) in [6.07, 6.45) is 0. The summed E-state index contributed by atoms with van der Waals surface area (Å²) in [5.74, 6) is 2.82. The van der Waals surface area contributed by atoms with Gasteiger partial charge < -0.3 is 27.1 Å². The lowest BCUT2D eigenvalue weighted by Gasteiger charge is -2.31. The second kappa shape index (κ2) is 12.0. The van der Waals surface area contributed by atoms with Crippen molar-refractivity contribution in [2.24, 2.45) is 0 Å². The van der Waals surface area contributed by atoms with E-state index in [1.807, 2.05) is 0 Å². The summed E-state index contributed by atoms with van der Waals surface area (Å²) in [5, 5.41) is 0. The van der Waals surface area contributed by atoms with Gasteiger partial charge in [0.15, 0.2) is 0 Å². The first kappa shape index (κ1) is 30.3. The highest BCUT2D eigenvalue weighted by atomic mass is 32.5. The van der Waals surface area contributed by atoms with Gasteiger partial charge in [-0.15, -0.1) is 0 Å². The van der Waals surface area contributed by atoms with Crippen molar-refractivity contribution in [3.05, 3.63) is 72.8 Å². The maximum absolute atomic E-state index is 6.28. The monoisotopic (exact) mass is 645 g/mol. The topological polar surface area (TPSA) is 65.1 Å². The van der Waals surface area contributed by atoms with Gasteiger partial charge in [-0.2, -0.15) is 0 Å². The van der Waals surface area contributed by atoms with Crippen LogP contribution in [0.3, 0.4) is 0 Å². The minimum absolute atomic E-state index is 0.469. The Balaban J connectivity index is 1.85. The predicted octanol–water partition coefficient (Wildman–Crippen LogP) is 6.73. The molecule has 1 aliphatic heterocycles. The van der Waals surface area contributed by atoms with E-state index in [1.54, 1.807) is 129 Å². The van der Waals surface area contributed by atoms with Crippen molar-refractivity contribution in [1.82, 2.24) is 14.0 Å². The first-order chi connectivity index (χ1) is 18.3. The number of fused-ring (bicyclic) bond motifs is 6. The Labute approximate surface area is 245 Å². The van der Waals surface area contributed by atoms with Crippen LogP contribution < -0.4 is 27.1 Å². The normalized spacial score (nSPS) is 25.2. The van der Waals surface area contributed by atoms with Crippen LogP contribution in [0.2, 0.25) is 0 Å². The fraction of sp³-hybridized carbons (Fsp3) is 0.250. The minimum Gasteiger partial charge on any atom is -0.424 e. The number of hydrogen-bond acceptors (Lipinski definition) is 9. The Morgan fingerprint density at radius 3 is 0.744 bits per heavy atom. The molecule has 210 valence electrons. The zero-order chi connectivity index (χ0) is 28.4. The fourth-order valence-electron chi connectivity index (χ4n) is 3.11. The molecule has 0 spiro atoms. The molecule has 1 aliphatic rings. The quantitative estimate of drug-likeness (QED) is 0.284. The average Bonchev–Trinajstić information content (AvgIpc) is 2.83. The fourth-order valence-corrected chi connectivity index (χ4v) is 8.03. The molecule has 0 fully saturated rings. The molecule has 0 amide bonds. The van der Waals surface area contributed by atoms with Crippen LogP contribution in [0.1, 0.15) is 0 Å². The first-order valence-corrected chi connectivity index (χ1v) is 19.4. The van der Waals surface area contributed by atoms with E-state index < -0.39 is 19.9 Å². The number of hydrogen-bond donors (Lipinski definition) is 0. The highest BCUT2D eigenvalue weighted by Gasteiger charge is 2.31. The summed E-state index contributed by atoms with van der Waals surface area (Å²) in [6.45, 7) is -9.09. The van der Waals surface area contributed by atoms with Crippen molar-refractivity contribution in [3.63, 3.8) is 0 Å². The van der Waals surface area contributed by atoms with Crippen molar-refractivity contribution >= 4 is 55.3 Å². The van der Waals surface area contributed by atoms with E-state index in [1.165, 1.54) is 0 Å². The zero-order valence-electron chi connectivity index (χ0n) is 22.3. The molecular formula is C24H30N3O6P3S3. The highest BCUT2D eigenvalue weighted by molar-refractivity contribution is 8.09. The van der Waals surface area contributed by atoms with Gasteiger partial charge in [0.25, 0.3) is 0 Å². The predicted molar refractivity (Wildman–Crippen MR) is 167 cm³/mol. The van der Waals surface area contributed by atoms with Gasteiger partial charge in [0, 0.05) is 53.6 Å². The van der Waals surface area contributed by atoms with Gasteiger partial charge >= 0.3 is 19.9 Å². The van der Waals surface area contributed by atoms with E-state index in [9.17, 15) is 0 Å². The molecule has 6 bridgehead atoms. The summed E-state index contributed by atoms with van der Waals surface area (Å²) >= 11 is 17.7. The second-order valence-electron chi connectivity index (χ2n) is 8.92. The van der Waals surface area contributed by atoms with Crippen LogP contribution in [-0.2, 0) is 35.4 Å². The highest BCUT2D eigenvalue weighted by Crippen LogP contribution is 2.56. The Morgan fingerprint density at radius 2 is 0.590 bits per heavy atom. The molecular weight excluding hydrogens is 615 g/mol. The summed E-state index contributed by atoms with van der Waals surface area (Å²) in [5.41, 5.74) is 0.